The summed E-state index contributed by atoms with van der Waals surface area (Å²) in [6.45, 7) is 4.15. The third-order valence-electron chi connectivity index (χ3n) is 11.2. The predicted molar refractivity (Wildman–Crippen MR) is 158 cm³/mol. The van der Waals surface area contributed by atoms with Crippen LogP contribution in [0, 0.1) is 40.9 Å². The first kappa shape index (κ1) is 31.8. The Hall–Kier alpha value is -3.59. The van der Waals surface area contributed by atoms with Crippen LogP contribution in [0.4, 0.5) is 5.69 Å². The molecule has 7 atom stereocenters. The maximum atomic E-state index is 12.7. The highest BCUT2D eigenvalue weighted by atomic mass is 16.8. The minimum absolute atomic E-state index is 0.0527. The lowest BCUT2D eigenvalue weighted by molar-refractivity contribution is -0.268. The molecule has 4 aliphatic carbocycles. The van der Waals surface area contributed by atoms with E-state index < -0.39 is 35.9 Å². The number of carbonyl (C=O) groups is 2. The molecule has 3 saturated carbocycles. The lowest BCUT2D eigenvalue weighted by Gasteiger charge is -2.58. The minimum Gasteiger partial charge on any atom is -0.871 e. The van der Waals surface area contributed by atoms with Crippen molar-refractivity contribution in [3.05, 3.63) is 35.4 Å². The first-order valence-corrected chi connectivity index (χ1v) is 15.3. The van der Waals surface area contributed by atoms with Crippen molar-refractivity contribution in [2.75, 3.05) is 18.9 Å². The highest BCUT2D eigenvalue weighted by Gasteiger charge is 2.63. The van der Waals surface area contributed by atoms with Crippen LogP contribution in [0.25, 0.3) is 0 Å². The van der Waals surface area contributed by atoms with Crippen LogP contribution in [0.1, 0.15) is 70.8 Å². The van der Waals surface area contributed by atoms with E-state index in [9.17, 15) is 30.2 Å². The Bertz CT molecular complexity index is 1400. The van der Waals surface area contributed by atoms with Crippen molar-refractivity contribution in [2.24, 2.45) is 33.7 Å². The second-order valence-corrected chi connectivity index (χ2v) is 13.3. The van der Waals surface area contributed by atoms with Crippen LogP contribution in [0.3, 0.4) is 0 Å². The molecule has 5 rings (SSSR count). The van der Waals surface area contributed by atoms with Crippen LogP contribution in [-0.2, 0) is 25.6 Å². The van der Waals surface area contributed by atoms with Crippen LogP contribution in [0.15, 0.2) is 35.0 Å². The van der Waals surface area contributed by atoms with Gasteiger partial charge >= 0.3 is 5.97 Å². The van der Waals surface area contributed by atoms with Gasteiger partial charge in [-0.05, 0) is 92.2 Å². The number of amides is 1. The number of fused-ring (bicyclic) bond motifs is 5. The Morgan fingerprint density at radius 3 is 2.64 bits per heavy atom. The van der Waals surface area contributed by atoms with Crippen molar-refractivity contribution in [1.29, 1.82) is 0 Å². The van der Waals surface area contributed by atoms with E-state index in [0.717, 1.165) is 56.7 Å². The number of carbonyl (C=O) groups excluding carboxylic acids is 2. The lowest BCUT2D eigenvalue weighted by Crippen LogP contribution is -2.54. The fourth-order valence-corrected chi connectivity index (χ4v) is 8.72. The van der Waals surface area contributed by atoms with Gasteiger partial charge in [0.05, 0.1) is 18.5 Å². The Balaban J connectivity index is 1.20. The molecule has 4 N–H and O–H groups in total. The van der Waals surface area contributed by atoms with Crippen molar-refractivity contribution in [1.82, 2.24) is 5.32 Å². The van der Waals surface area contributed by atoms with Crippen LogP contribution < -0.4 is 15.6 Å². The molecule has 0 aliphatic heterocycles. The van der Waals surface area contributed by atoms with Crippen LogP contribution in [0.2, 0.25) is 0 Å². The topological polar surface area (TPSA) is 164 Å². The van der Waals surface area contributed by atoms with E-state index in [2.05, 4.69) is 36.3 Å². The molecule has 0 aromatic heterocycles. The predicted octanol–water partition coefficient (Wildman–Crippen LogP) is 3.25. The van der Waals surface area contributed by atoms with E-state index in [1.807, 2.05) is 0 Å². The van der Waals surface area contributed by atoms with Crippen molar-refractivity contribution < 1.29 is 39.8 Å². The van der Waals surface area contributed by atoms with Gasteiger partial charge < -0.3 is 25.1 Å². The summed E-state index contributed by atoms with van der Waals surface area (Å²) in [7, 11) is 1.19. The molecule has 44 heavy (non-hydrogen) atoms. The van der Waals surface area contributed by atoms with Gasteiger partial charge in [0.15, 0.2) is 6.61 Å². The first-order valence-electron chi connectivity index (χ1n) is 15.3. The van der Waals surface area contributed by atoms with E-state index >= 15 is 0 Å². The van der Waals surface area contributed by atoms with Crippen molar-refractivity contribution in [2.45, 2.75) is 83.3 Å². The molecule has 0 unspecified atom stereocenters. The highest BCUT2D eigenvalue weighted by molar-refractivity contribution is 5.96. The van der Waals surface area contributed by atoms with Gasteiger partial charge in [-0.3, -0.25) is 15.2 Å². The van der Waals surface area contributed by atoms with Crippen molar-refractivity contribution >= 4 is 23.3 Å². The molecule has 11 heteroatoms. The number of methoxy groups -OCH3 is 1. The molecule has 0 radical (unpaired) electrons. The second kappa shape index (κ2) is 12.1. The average molecular weight is 609 g/mol. The normalized spacial score (nSPS) is 34.0. The summed E-state index contributed by atoms with van der Waals surface area (Å²) in [6, 6.07) is 2.67. The number of esters is 1. The van der Waals surface area contributed by atoms with Gasteiger partial charge in [-0.25, -0.2) is 4.79 Å². The summed E-state index contributed by atoms with van der Waals surface area (Å²) in [6.07, 6.45) is 15.2. The van der Waals surface area contributed by atoms with E-state index in [4.69, 9.17) is 16.0 Å². The largest absolute Gasteiger partial charge is 0.871 e. The van der Waals surface area contributed by atoms with E-state index in [1.54, 1.807) is 0 Å². The molecule has 4 aliphatic rings. The fraction of sp³-hybridized carbons (Fsp3) is 0.606. The van der Waals surface area contributed by atoms with Gasteiger partial charge in [0.1, 0.15) is 11.6 Å². The summed E-state index contributed by atoms with van der Waals surface area (Å²) >= 11 is 0. The SMILES string of the molecule is C#C[C@@]1(O)CC[C@@H]2[C@@H]3CCC4=CC(=NOCC(=O)N[C@H](Cc5ccc([O-])c(N(O)O)c5)C(=O)OC)CC[C@]4(C)[C@H]3CC[C@]21C. The van der Waals surface area contributed by atoms with Crippen molar-refractivity contribution in [3.63, 3.8) is 0 Å². The standard InChI is InChI=1S/C33H43N3O8/c1-5-33(40)15-12-25-23-8-7-21-18-22(10-13-31(21,2)24(23)11-14-32(25,33)3)35-44-19-29(38)34-26(30(39)43-4)16-20-6-9-28(37)27(17-20)36(41)42/h1,6,9,17-18,23-26,37,40-42H,7-8,10-16,19H2,2-4H3,(H,34,38)/p-1/t23-,24+,25-,26-,31+,32-,33-/m1/s1. The van der Waals surface area contributed by atoms with E-state index in [-0.39, 0.29) is 28.2 Å². The number of hydrogen-bond donors (Lipinski definition) is 4. The third-order valence-corrected chi connectivity index (χ3v) is 11.2. The van der Waals surface area contributed by atoms with E-state index in [0.29, 0.717) is 29.7 Å². The number of oxime groups is 1. The molecule has 0 heterocycles. The number of allylic oxidation sites excluding steroid dienone is 2. The Labute approximate surface area is 257 Å². The monoisotopic (exact) mass is 608 g/mol. The van der Waals surface area contributed by atoms with E-state index in [1.165, 1.54) is 24.8 Å². The van der Waals surface area contributed by atoms with Gasteiger partial charge in [0, 0.05) is 11.8 Å². The maximum Gasteiger partial charge on any atom is 0.328 e. The van der Waals surface area contributed by atoms with Gasteiger partial charge in [-0.1, -0.05) is 48.4 Å². The molecule has 0 saturated heterocycles. The van der Waals surface area contributed by atoms with Gasteiger partial charge in [0.2, 0.25) is 0 Å². The Kier molecular flexibility index (Phi) is 8.73. The molecule has 0 bridgehead atoms. The lowest BCUT2D eigenvalue weighted by atomic mass is 9.46. The molecule has 1 aromatic rings. The van der Waals surface area contributed by atoms with Gasteiger partial charge in [-0.2, -0.15) is 0 Å². The number of hydrogen-bond acceptors (Lipinski definition) is 10. The highest BCUT2D eigenvalue weighted by Crippen LogP contribution is 2.67. The molecule has 3 fully saturated rings. The summed E-state index contributed by atoms with van der Waals surface area (Å²) in [5.41, 5.74) is 0.967. The van der Waals surface area contributed by atoms with Crippen LogP contribution in [-0.4, -0.2) is 58.5 Å². The Morgan fingerprint density at radius 1 is 1.18 bits per heavy atom. The van der Waals surface area contributed by atoms with Crippen molar-refractivity contribution in [3.8, 4) is 18.1 Å². The molecular formula is C33H42N3O8-. The maximum absolute atomic E-state index is 12.7. The zero-order valence-corrected chi connectivity index (χ0v) is 25.5. The third kappa shape index (κ3) is 5.55. The number of rotatable bonds is 8. The summed E-state index contributed by atoms with van der Waals surface area (Å²) in [4.78, 5) is 30.4. The number of terminal acetylenes is 1. The quantitative estimate of drug-likeness (QED) is 0.197. The Morgan fingerprint density at radius 2 is 1.93 bits per heavy atom. The summed E-state index contributed by atoms with van der Waals surface area (Å²) in [5, 5.41) is 48.0. The number of anilines is 1. The number of nitrogens with zero attached hydrogens (tertiary/aromatic N) is 2. The number of nitrogens with one attached hydrogen (secondary N) is 1. The first-order chi connectivity index (χ1) is 20.8. The molecular weight excluding hydrogens is 566 g/mol. The van der Waals surface area contributed by atoms with Crippen LogP contribution >= 0.6 is 0 Å². The molecule has 11 nitrogen and oxygen atoms in total. The zero-order valence-electron chi connectivity index (χ0n) is 25.5. The molecule has 238 valence electrons. The van der Waals surface area contributed by atoms with Gasteiger partial charge in [-0.15, -0.1) is 11.6 Å². The number of benzene rings is 1. The van der Waals surface area contributed by atoms with Crippen LogP contribution in [0.5, 0.6) is 5.75 Å². The average Bonchev–Trinajstić information content (AvgIpc) is 3.27. The molecule has 1 amide bonds. The molecule has 1 aromatic carbocycles. The zero-order chi connectivity index (χ0) is 31.9. The molecule has 0 spiro atoms. The second-order valence-electron chi connectivity index (χ2n) is 13.3. The van der Waals surface area contributed by atoms with Gasteiger partial charge in [0.25, 0.3) is 5.91 Å². The fourth-order valence-electron chi connectivity index (χ4n) is 8.72. The number of ether oxygens (including phenoxy) is 1. The minimum atomic E-state index is -1.10. The summed E-state index contributed by atoms with van der Waals surface area (Å²) < 4.78 is 4.81. The number of aliphatic hydroxyl groups is 1. The smallest absolute Gasteiger partial charge is 0.328 e. The summed E-state index contributed by atoms with van der Waals surface area (Å²) in [5.74, 6) is 2.33.